The van der Waals surface area contributed by atoms with E-state index in [2.05, 4.69) is 50.9 Å². The molecule has 2 amide bonds. The SMILES string of the molecule is C=CCN(CC=C)C(=O)C(Cl)Cl.CCc1cccc(CC)c1N(COC)C(=O)CCl.C[S+](C)C.Nc1c([N+](=O)[O-])cnn1-c1c(Cl)cc(C(F)(F)F)cc1Cl.O=C(O)CNCP(=O)([O-])O. The number of hydrogen-bond acceptors (Lipinski definition) is 11. The summed E-state index contributed by atoms with van der Waals surface area (Å²) in [4.78, 5) is 62.9. The normalized spacial score (nSPS) is 11.5. The maximum Gasteiger partial charge on any atom is 0.416 e. The molecule has 0 spiro atoms. The number of benzene rings is 2. The van der Waals surface area contributed by atoms with Crippen molar-refractivity contribution in [3.05, 3.63) is 98.7 Å². The van der Waals surface area contributed by atoms with Crippen molar-refractivity contribution in [1.82, 2.24) is 20.0 Å². The van der Waals surface area contributed by atoms with Gasteiger partial charge in [-0.2, -0.15) is 18.3 Å². The zero-order chi connectivity index (χ0) is 50.8. The number of anilines is 2. The van der Waals surface area contributed by atoms with Gasteiger partial charge in [0.05, 0.1) is 57.8 Å². The predicted octanol–water partition coefficient (Wildman–Crippen LogP) is 7.32. The molecule has 5 N–H and O–H groups in total. The van der Waals surface area contributed by atoms with Gasteiger partial charge in [-0.1, -0.05) is 90.6 Å². The number of halogens is 8. The van der Waals surface area contributed by atoms with Crippen molar-refractivity contribution in [2.45, 2.75) is 37.7 Å². The van der Waals surface area contributed by atoms with Crippen molar-refractivity contribution >= 4 is 111 Å². The number of amides is 2. The van der Waals surface area contributed by atoms with Gasteiger partial charge in [-0.05, 0) is 47.0 Å². The molecule has 366 valence electrons. The number of aliphatic carboxylic acids is 1. The molecule has 1 heterocycles. The fraction of sp³-hybridized carbons (Fsp3) is 0.421. The van der Waals surface area contributed by atoms with Crippen LogP contribution in [0, 0.1) is 10.1 Å². The van der Waals surface area contributed by atoms with Crippen LogP contribution in [0.4, 0.5) is 30.4 Å². The van der Waals surface area contributed by atoms with Gasteiger partial charge in [0.1, 0.15) is 32.1 Å². The van der Waals surface area contributed by atoms with Crippen LogP contribution in [0.3, 0.4) is 0 Å². The lowest BCUT2D eigenvalue weighted by molar-refractivity contribution is -0.383. The lowest BCUT2D eigenvalue weighted by Crippen LogP contribution is -2.35. The first-order valence-electron chi connectivity index (χ1n) is 18.3. The molecule has 3 aromatic rings. The predicted molar refractivity (Wildman–Crippen MR) is 253 cm³/mol. The van der Waals surface area contributed by atoms with Crippen LogP contribution >= 0.6 is 65.6 Å². The summed E-state index contributed by atoms with van der Waals surface area (Å²) in [5, 5.41) is 23.5. The van der Waals surface area contributed by atoms with Crippen LogP contribution in [-0.4, -0.2) is 117 Å². The molecule has 2 aromatic carbocycles. The van der Waals surface area contributed by atoms with Gasteiger partial charge in [-0.3, -0.25) is 34.7 Å². The van der Waals surface area contributed by atoms with Gasteiger partial charge in [0, 0.05) is 20.2 Å². The molecule has 65 heavy (non-hydrogen) atoms. The number of aryl methyl sites for hydroxylation is 2. The van der Waals surface area contributed by atoms with Crippen LogP contribution in [0.25, 0.3) is 5.69 Å². The number of nitrogens with one attached hydrogen (secondary N) is 1. The third-order valence-electron chi connectivity index (χ3n) is 7.23. The first-order chi connectivity index (χ1) is 30.1. The average Bonchev–Trinajstić information content (AvgIpc) is 3.58. The highest BCUT2D eigenvalue weighted by Gasteiger charge is 2.33. The number of nitrogens with two attached hydrogens (primary N) is 1. The summed E-state index contributed by atoms with van der Waals surface area (Å²) < 4.78 is 53.7. The van der Waals surface area contributed by atoms with E-state index in [4.69, 9.17) is 78.5 Å². The third-order valence-corrected chi connectivity index (χ3v) is 9.03. The number of nitrogen functional groups attached to an aromatic ring is 1. The number of aromatic nitrogens is 2. The second kappa shape index (κ2) is 32.2. The Bertz CT molecular complexity index is 2010. The Hall–Kier alpha value is -3.60. The first-order valence-corrected chi connectivity index (χ1v) is 24.7. The number of nitro groups is 1. The van der Waals surface area contributed by atoms with E-state index in [9.17, 15) is 47.1 Å². The molecule has 1 atom stereocenters. The van der Waals surface area contributed by atoms with Crippen molar-refractivity contribution in [2.24, 2.45) is 0 Å². The van der Waals surface area contributed by atoms with Crippen LogP contribution in [0.2, 0.25) is 10.0 Å². The van der Waals surface area contributed by atoms with Crippen molar-refractivity contribution in [3.8, 4) is 5.69 Å². The number of carboxylic acid groups (broad SMARTS) is 1. The van der Waals surface area contributed by atoms with Crippen LogP contribution in [-0.2, 0) is 53.6 Å². The Balaban J connectivity index is 0. The lowest BCUT2D eigenvalue weighted by Gasteiger charge is -2.26. The highest BCUT2D eigenvalue weighted by atomic mass is 35.5. The highest BCUT2D eigenvalue weighted by Crippen LogP contribution is 2.39. The van der Waals surface area contributed by atoms with Crippen molar-refractivity contribution in [3.63, 3.8) is 0 Å². The van der Waals surface area contributed by atoms with Gasteiger partial charge in [-0.15, -0.1) is 24.8 Å². The average molecular weight is 1060 g/mol. The fourth-order valence-electron chi connectivity index (χ4n) is 4.63. The Kier molecular flexibility index (Phi) is 31.4. The Morgan fingerprint density at radius 2 is 1.57 bits per heavy atom. The van der Waals surface area contributed by atoms with Crippen molar-refractivity contribution in [2.75, 3.05) is 75.0 Å². The molecule has 27 heteroatoms. The van der Waals surface area contributed by atoms with Gasteiger partial charge in [0.2, 0.25) is 11.7 Å². The van der Waals surface area contributed by atoms with Gasteiger partial charge in [0.25, 0.3) is 5.91 Å². The van der Waals surface area contributed by atoms with Gasteiger partial charge >= 0.3 is 17.8 Å². The number of methoxy groups -OCH3 is 1. The zero-order valence-corrected chi connectivity index (χ0v) is 41.6. The molecule has 1 aromatic heterocycles. The third kappa shape index (κ3) is 24.7. The molecule has 1 unspecified atom stereocenters. The Morgan fingerprint density at radius 1 is 1.09 bits per heavy atom. The number of carbonyl (C=O) groups excluding carboxylic acids is 2. The summed E-state index contributed by atoms with van der Waals surface area (Å²) in [6, 6.07) is 7.38. The number of carbonyl (C=O) groups is 3. The maximum atomic E-state index is 12.6. The molecule has 0 saturated carbocycles. The molecule has 0 aliphatic rings. The van der Waals surface area contributed by atoms with Crippen molar-refractivity contribution < 1.29 is 56.7 Å². The minimum atomic E-state index is -4.63. The summed E-state index contributed by atoms with van der Waals surface area (Å²) in [5.41, 5.74) is 7.02. The summed E-state index contributed by atoms with van der Waals surface area (Å²) in [5.74, 6) is -2.06. The number of para-hydroxylation sites is 1. The summed E-state index contributed by atoms with van der Waals surface area (Å²) in [6.45, 7) is 11.8. The number of rotatable bonds is 17. The molecule has 17 nitrogen and oxygen atoms in total. The van der Waals surface area contributed by atoms with E-state index in [1.54, 1.807) is 24.2 Å². The number of nitrogens with zero attached hydrogens (tertiary/aromatic N) is 5. The van der Waals surface area contributed by atoms with Crippen LogP contribution in [0.5, 0.6) is 0 Å². The Labute approximate surface area is 403 Å². The lowest BCUT2D eigenvalue weighted by atomic mass is 10.0. The fourth-order valence-corrected chi connectivity index (χ4v) is 6.09. The molecule has 0 saturated heterocycles. The van der Waals surface area contributed by atoms with Gasteiger partial charge in [-0.25, -0.2) is 4.68 Å². The van der Waals surface area contributed by atoms with E-state index < -0.39 is 59.4 Å². The number of hydrogen-bond donors (Lipinski definition) is 4. The number of carboxylic acids is 1. The molecule has 0 aliphatic carbocycles. The second-order valence-electron chi connectivity index (χ2n) is 12.8. The molecular weight excluding hydrogens is 1010 g/mol. The van der Waals surface area contributed by atoms with E-state index in [-0.39, 0.29) is 40.2 Å². The van der Waals surface area contributed by atoms with Crippen LogP contribution in [0.15, 0.2) is 61.8 Å². The standard InChI is InChI=1S/C14H20ClNO2.C10H5Cl2F3N4O2.C8H11Cl2NO.C3H8NO5P.C3H9S/c1-4-11-7-6-8-12(5-2)14(11)16(10-18-3)13(17)9-15;11-5-1-4(10(13,14)15)2-6(12)8(5)18-9(16)7(3-17-18)19(20)21;1-3-5-11(6-4-2)8(12)7(9)10;5-3(6)1-4-2-10(7,8)9;1-4(2)3/h6-8H,4-5,9-10H2,1-3H3;1-3H,16H2;3-4,7H,1-2,5-6H2;4H,1-2H2,(H,5,6)(H2,7,8,9);1-3H3/q;;;;+1/p-1. The second-order valence-corrected chi connectivity index (χ2v) is 19.1. The Morgan fingerprint density at radius 3 is 1.89 bits per heavy atom. The molecule has 0 fully saturated rings. The van der Waals surface area contributed by atoms with Crippen LogP contribution < -0.4 is 20.8 Å². The molecule has 0 bridgehead atoms. The molecule has 0 aliphatic heterocycles. The quantitative estimate of drug-likeness (QED) is 0.0197. The van der Waals surface area contributed by atoms with Crippen molar-refractivity contribution in [1.29, 1.82) is 0 Å². The maximum absolute atomic E-state index is 12.6. The summed E-state index contributed by atoms with van der Waals surface area (Å²) >= 11 is 28.0. The van der Waals surface area contributed by atoms with E-state index in [1.807, 2.05) is 23.5 Å². The minimum absolute atomic E-state index is 0.0371. The van der Waals surface area contributed by atoms with Gasteiger partial charge in [0.15, 0.2) is 4.84 Å². The molecule has 3 rings (SSSR count). The smallest absolute Gasteiger partial charge is 0.416 e. The topological polar surface area (TPSA) is 247 Å². The zero-order valence-electron chi connectivity index (χ0n) is 36.1. The van der Waals surface area contributed by atoms with Gasteiger partial charge < -0.3 is 34.8 Å². The summed E-state index contributed by atoms with van der Waals surface area (Å²) in [6.07, 6.45) is 7.06. The minimum Gasteiger partial charge on any atom is -0.778 e. The highest BCUT2D eigenvalue weighted by molar-refractivity contribution is 7.94. The molecular formula is C38H52Cl5F3N7O10PS. The van der Waals surface area contributed by atoms with E-state index in [1.165, 1.54) is 4.90 Å². The number of alkyl halides is 6. The summed E-state index contributed by atoms with van der Waals surface area (Å²) in [7, 11) is -2.13. The number of ether oxygens (including phenoxy) is 1. The van der Waals surface area contributed by atoms with Crippen LogP contribution in [0.1, 0.15) is 30.5 Å². The van der Waals surface area contributed by atoms with E-state index >= 15 is 0 Å². The molecule has 0 radical (unpaired) electrons. The monoisotopic (exact) mass is 1060 g/mol. The van der Waals surface area contributed by atoms with E-state index in [0.717, 1.165) is 40.5 Å². The first kappa shape index (κ1) is 63.5. The largest absolute Gasteiger partial charge is 0.778 e. The van der Waals surface area contributed by atoms with E-state index in [0.29, 0.717) is 36.1 Å².